The van der Waals surface area contributed by atoms with E-state index in [1.165, 1.54) is 0 Å². The summed E-state index contributed by atoms with van der Waals surface area (Å²) in [5, 5.41) is -0.576. The van der Waals surface area contributed by atoms with Gasteiger partial charge in [0.2, 0.25) is 0 Å². The van der Waals surface area contributed by atoms with Gasteiger partial charge in [-0.1, -0.05) is 0 Å². The monoisotopic (exact) mass is 309 g/mol. The van der Waals surface area contributed by atoms with Gasteiger partial charge in [0.15, 0.2) is 0 Å². The molecule has 0 saturated carbocycles. The molecule has 0 bridgehead atoms. The van der Waals surface area contributed by atoms with Crippen molar-refractivity contribution >= 4 is 8.07 Å². The Hall–Kier alpha value is -1.60. The molecule has 1 nitrogen and oxygen atoms in total. The van der Waals surface area contributed by atoms with Crippen LogP contribution in [0.1, 0.15) is 31.9 Å². The minimum absolute atomic E-state index is 0.576. The van der Waals surface area contributed by atoms with Gasteiger partial charge in [0.05, 0.1) is 0 Å². The molecule has 0 heterocycles. The second-order valence-corrected chi connectivity index (χ2v) is 11.4. The van der Waals surface area contributed by atoms with Gasteiger partial charge in [-0.15, -0.1) is 0 Å². The third-order valence-corrected chi connectivity index (χ3v) is 11.7. The molecule has 0 aliphatic carbocycles. The Morgan fingerprint density at radius 1 is 0.773 bits per heavy atom. The van der Waals surface area contributed by atoms with Gasteiger partial charge in [-0.05, 0) is 0 Å². The fourth-order valence-electron chi connectivity index (χ4n) is 3.93. The first kappa shape index (κ1) is 16.8. The zero-order valence-electron chi connectivity index (χ0n) is 13.8. The van der Waals surface area contributed by atoms with E-state index in [4.69, 9.17) is 0 Å². The second-order valence-electron chi connectivity index (χ2n) is 5.93. The Morgan fingerprint density at radius 3 is 1.41 bits per heavy atom. The molecular weight excluding hydrogens is 284 g/mol. The van der Waals surface area contributed by atoms with Crippen LogP contribution in [0.5, 0.6) is 0 Å². The van der Waals surface area contributed by atoms with Crippen LogP contribution >= 0.6 is 0 Å². The average Bonchev–Trinajstić information content (AvgIpc) is 2.61. The Bertz CT molecular complexity index is 576. The van der Waals surface area contributed by atoms with Crippen LogP contribution in [0.3, 0.4) is 0 Å². The van der Waals surface area contributed by atoms with E-state index in [0.29, 0.717) is 0 Å². The van der Waals surface area contributed by atoms with E-state index in [1.807, 2.05) is 36.4 Å². The van der Waals surface area contributed by atoms with Crippen LogP contribution in [0.2, 0.25) is 18.1 Å². The third-order valence-electron chi connectivity index (χ3n) is 5.39. The standard InChI is InChI=1S/C20H25OSi/c1-4-22(5-2,6-3)20(17-21,18-13-9-7-10-14-18)19-15-11-8-12-16-19/h7-16H,4-6H2,1-3H3/q+1. The van der Waals surface area contributed by atoms with Crippen molar-refractivity contribution in [2.24, 2.45) is 0 Å². The molecule has 2 heteroatoms. The van der Waals surface area contributed by atoms with E-state index in [-0.39, 0.29) is 0 Å². The Labute approximate surface area is 135 Å². The van der Waals surface area contributed by atoms with Gasteiger partial charge in [0.25, 0.3) is 0 Å². The molecule has 0 unspecified atom stereocenters. The Kier molecular flexibility index (Phi) is 5.41. The van der Waals surface area contributed by atoms with Crippen LogP contribution in [0, 0.1) is 6.15 Å². The van der Waals surface area contributed by atoms with Crippen LogP contribution in [-0.2, 0) is 9.69 Å². The van der Waals surface area contributed by atoms with E-state index in [0.717, 1.165) is 29.3 Å². The van der Waals surface area contributed by atoms with Crippen molar-refractivity contribution in [3.05, 3.63) is 71.8 Å². The summed E-state index contributed by atoms with van der Waals surface area (Å²) in [6.07, 6.45) is 2.55. The number of benzene rings is 2. The fraction of sp³-hybridized carbons (Fsp3) is 0.350. The maximum absolute atomic E-state index is 12.5. The molecule has 0 aliphatic heterocycles. The summed E-state index contributed by atoms with van der Waals surface area (Å²) in [7, 11) is -1.90. The van der Waals surface area contributed by atoms with Gasteiger partial charge in [-0.3, -0.25) is 0 Å². The summed E-state index contributed by atoms with van der Waals surface area (Å²) < 4.78 is 12.5. The molecule has 0 aliphatic rings. The van der Waals surface area contributed by atoms with Crippen LogP contribution in [0.4, 0.5) is 0 Å². The molecule has 114 valence electrons. The second kappa shape index (κ2) is 7.10. The summed E-state index contributed by atoms with van der Waals surface area (Å²) in [5.41, 5.74) is 2.21. The zero-order chi connectivity index (χ0) is 16.1. The first-order valence-electron chi connectivity index (χ1n) is 8.21. The van der Waals surface area contributed by atoms with Crippen molar-refractivity contribution in [1.29, 1.82) is 0 Å². The number of hydrogen-bond acceptors (Lipinski definition) is 0. The fourth-order valence-corrected chi connectivity index (χ4v) is 8.79. The number of rotatable bonds is 6. The predicted octanol–water partition coefficient (Wildman–Crippen LogP) is 5.41. The summed E-state index contributed by atoms with van der Waals surface area (Å²) in [6, 6.07) is 23.8. The molecule has 0 fully saturated rings. The quantitative estimate of drug-likeness (QED) is 0.502. The van der Waals surface area contributed by atoms with Crippen LogP contribution in [-0.4, -0.2) is 8.07 Å². The zero-order valence-corrected chi connectivity index (χ0v) is 14.8. The molecule has 2 aromatic rings. The van der Waals surface area contributed by atoms with Crippen molar-refractivity contribution in [2.75, 3.05) is 0 Å². The van der Waals surface area contributed by atoms with E-state index < -0.39 is 13.1 Å². The van der Waals surface area contributed by atoms with Gasteiger partial charge in [-0.2, -0.15) is 0 Å². The van der Waals surface area contributed by atoms with Crippen molar-refractivity contribution in [2.45, 2.75) is 43.9 Å². The summed E-state index contributed by atoms with van der Waals surface area (Å²) >= 11 is 0. The molecule has 0 amide bonds. The van der Waals surface area contributed by atoms with Crippen LogP contribution in [0.25, 0.3) is 0 Å². The van der Waals surface area contributed by atoms with E-state index in [2.05, 4.69) is 51.2 Å². The number of hydrogen-bond donors (Lipinski definition) is 0. The molecule has 2 rings (SSSR count). The SMILES string of the molecule is CC[Si](CC)(CC)C(C#[O+])(c1ccccc1)c1ccccc1. The van der Waals surface area contributed by atoms with Crippen molar-refractivity contribution in [3.63, 3.8) is 0 Å². The maximum atomic E-state index is 12.5. The predicted molar refractivity (Wildman–Crippen MR) is 95.4 cm³/mol. The molecule has 0 N–H and O–H groups in total. The van der Waals surface area contributed by atoms with Gasteiger partial charge in [-0.25, -0.2) is 0 Å². The van der Waals surface area contributed by atoms with Gasteiger partial charge in [0.1, 0.15) is 0 Å². The van der Waals surface area contributed by atoms with Gasteiger partial charge < -0.3 is 0 Å². The first-order valence-corrected chi connectivity index (χ1v) is 10.8. The first-order chi connectivity index (χ1) is 10.7. The molecule has 0 saturated heterocycles. The third kappa shape index (κ3) is 2.48. The molecule has 0 aromatic heterocycles. The van der Waals surface area contributed by atoms with Gasteiger partial charge in [0, 0.05) is 0 Å². The van der Waals surface area contributed by atoms with Gasteiger partial charge >= 0.3 is 135 Å². The molecule has 0 radical (unpaired) electrons. The van der Waals surface area contributed by atoms with Crippen molar-refractivity contribution < 1.29 is 4.65 Å². The van der Waals surface area contributed by atoms with Crippen molar-refractivity contribution in [1.82, 2.24) is 0 Å². The normalized spacial score (nSPS) is 11.9. The summed E-state index contributed by atoms with van der Waals surface area (Å²) in [5.74, 6) is 0. The minimum atomic E-state index is -1.90. The molecule has 22 heavy (non-hydrogen) atoms. The van der Waals surface area contributed by atoms with E-state index in [9.17, 15) is 4.65 Å². The summed E-state index contributed by atoms with van der Waals surface area (Å²) in [6.45, 7) is 6.74. The Morgan fingerprint density at radius 2 is 1.14 bits per heavy atom. The molecule has 0 atom stereocenters. The summed E-state index contributed by atoms with van der Waals surface area (Å²) in [4.78, 5) is 0. The van der Waals surface area contributed by atoms with E-state index >= 15 is 0 Å². The topological polar surface area (TPSA) is 19.9 Å². The molecular formula is C20H25OSi+. The van der Waals surface area contributed by atoms with Crippen LogP contribution < -0.4 is 0 Å². The van der Waals surface area contributed by atoms with Crippen molar-refractivity contribution in [3.8, 4) is 6.15 Å². The van der Waals surface area contributed by atoms with E-state index in [1.54, 1.807) is 0 Å². The van der Waals surface area contributed by atoms with Crippen LogP contribution in [0.15, 0.2) is 60.7 Å². The molecule has 2 aromatic carbocycles. The Balaban J connectivity index is 2.83. The average molecular weight is 310 g/mol. The molecule has 0 spiro atoms.